The largest absolute Gasteiger partial charge is 0.376 e. The standard InChI is InChI=1S/C14H19Cl2N3O/c1-2-17-13-9(15)7-10(16)14(19-13)18-11-5-6-20-12(11)8-3-4-8/h7-8,11-12H,2-6H2,1H3,(H2,17,18,19). The van der Waals surface area contributed by atoms with Crippen molar-refractivity contribution in [2.45, 2.75) is 38.3 Å². The molecule has 0 aromatic carbocycles. The lowest BCUT2D eigenvalue weighted by molar-refractivity contribution is 0.0898. The lowest BCUT2D eigenvalue weighted by atomic mass is 10.1. The van der Waals surface area contributed by atoms with Crippen molar-refractivity contribution < 1.29 is 4.74 Å². The number of rotatable bonds is 5. The minimum absolute atomic E-state index is 0.295. The number of aromatic nitrogens is 1. The highest BCUT2D eigenvalue weighted by molar-refractivity contribution is 6.37. The fourth-order valence-electron chi connectivity index (χ4n) is 2.69. The van der Waals surface area contributed by atoms with Gasteiger partial charge in [-0.05, 0) is 38.2 Å². The second-order valence-electron chi connectivity index (χ2n) is 5.39. The van der Waals surface area contributed by atoms with Gasteiger partial charge in [0.25, 0.3) is 0 Å². The number of nitrogens with one attached hydrogen (secondary N) is 2. The molecule has 2 N–H and O–H groups in total. The molecule has 1 aliphatic heterocycles. The van der Waals surface area contributed by atoms with Crippen LogP contribution in [0.3, 0.4) is 0 Å². The molecule has 0 radical (unpaired) electrons. The predicted molar refractivity (Wildman–Crippen MR) is 82.9 cm³/mol. The van der Waals surface area contributed by atoms with Crippen molar-refractivity contribution in [3.05, 3.63) is 16.1 Å². The second-order valence-corrected chi connectivity index (χ2v) is 6.21. The third-order valence-corrected chi connectivity index (χ3v) is 4.39. The van der Waals surface area contributed by atoms with Gasteiger partial charge in [-0.3, -0.25) is 0 Å². The molecule has 0 amide bonds. The second kappa shape index (κ2) is 5.96. The van der Waals surface area contributed by atoms with Crippen molar-refractivity contribution in [3.63, 3.8) is 0 Å². The smallest absolute Gasteiger partial charge is 0.147 e. The highest BCUT2D eigenvalue weighted by Crippen LogP contribution is 2.40. The van der Waals surface area contributed by atoms with Crippen LogP contribution in [0.2, 0.25) is 10.0 Å². The van der Waals surface area contributed by atoms with Gasteiger partial charge >= 0.3 is 0 Å². The van der Waals surface area contributed by atoms with E-state index in [9.17, 15) is 0 Å². The summed E-state index contributed by atoms with van der Waals surface area (Å²) in [5, 5.41) is 7.68. The molecule has 110 valence electrons. The molecular weight excluding hydrogens is 297 g/mol. The van der Waals surface area contributed by atoms with Gasteiger partial charge in [-0.25, -0.2) is 4.98 Å². The van der Waals surface area contributed by atoms with Gasteiger partial charge in [-0.2, -0.15) is 0 Å². The van der Waals surface area contributed by atoms with Gasteiger partial charge in [0.2, 0.25) is 0 Å². The Hall–Kier alpha value is -0.710. The van der Waals surface area contributed by atoms with Crippen molar-refractivity contribution in [2.24, 2.45) is 5.92 Å². The topological polar surface area (TPSA) is 46.2 Å². The highest BCUT2D eigenvalue weighted by Gasteiger charge is 2.40. The predicted octanol–water partition coefficient (Wildman–Crippen LogP) is 3.80. The molecule has 2 fully saturated rings. The normalized spacial score (nSPS) is 25.8. The summed E-state index contributed by atoms with van der Waals surface area (Å²) in [6, 6.07) is 2.03. The zero-order valence-electron chi connectivity index (χ0n) is 11.5. The van der Waals surface area contributed by atoms with E-state index in [0.29, 0.717) is 39.7 Å². The average molecular weight is 316 g/mol. The van der Waals surface area contributed by atoms with E-state index in [1.807, 2.05) is 6.92 Å². The molecule has 0 spiro atoms. The van der Waals surface area contributed by atoms with E-state index in [-0.39, 0.29) is 0 Å². The number of hydrogen-bond donors (Lipinski definition) is 2. The maximum Gasteiger partial charge on any atom is 0.147 e. The Morgan fingerprint density at radius 3 is 2.70 bits per heavy atom. The van der Waals surface area contributed by atoms with Gasteiger partial charge in [0.15, 0.2) is 0 Å². The number of pyridine rings is 1. The molecule has 1 aromatic heterocycles. The summed E-state index contributed by atoms with van der Waals surface area (Å²) < 4.78 is 5.83. The van der Waals surface area contributed by atoms with E-state index in [1.54, 1.807) is 6.07 Å². The number of nitrogens with zero attached hydrogens (tertiary/aromatic N) is 1. The van der Waals surface area contributed by atoms with Crippen LogP contribution in [-0.2, 0) is 4.74 Å². The average Bonchev–Trinajstić information content (AvgIpc) is 3.16. The molecular formula is C14H19Cl2N3O. The SMILES string of the molecule is CCNc1nc(NC2CCOC2C2CC2)c(Cl)cc1Cl. The van der Waals surface area contributed by atoms with E-state index >= 15 is 0 Å². The Morgan fingerprint density at radius 1 is 1.25 bits per heavy atom. The van der Waals surface area contributed by atoms with Crippen LogP contribution in [0.1, 0.15) is 26.2 Å². The third kappa shape index (κ3) is 2.97. The van der Waals surface area contributed by atoms with Gasteiger partial charge < -0.3 is 15.4 Å². The summed E-state index contributed by atoms with van der Waals surface area (Å²) in [6.45, 7) is 3.59. The molecule has 2 atom stereocenters. The van der Waals surface area contributed by atoms with Gasteiger partial charge in [0.1, 0.15) is 11.6 Å². The number of halogens is 2. The van der Waals surface area contributed by atoms with Gasteiger partial charge in [-0.15, -0.1) is 0 Å². The summed E-state index contributed by atoms with van der Waals surface area (Å²) in [7, 11) is 0. The monoisotopic (exact) mass is 315 g/mol. The van der Waals surface area contributed by atoms with Crippen LogP contribution >= 0.6 is 23.2 Å². The minimum Gasteiger partial charge on any atom is -0.376 e. The first-order chi connectivity index (χ1) is 9.69. The zero-order valence-corrected chi connectivity index (χ0v) is 13.0. The fourth-order valence-corrected chi connectivity index (χ4v) is 3.17. The first-order valence-electron chi connectivity index (χ1n) is 7.17. The summed E-state index contributed by atoms with van der Waals surface area (Å²) in [5.41, 5.74) is 0. The van der Waals surface area contributed by atoms with Crippen molar-refractivity contribution >= 4 is 34.8 Å². The fraction of sp³-hybridized carbons (Fsp3) is 0.643. The van der Waals surface area contributed by atoms with Crippen LogP contribution in [0.4, 0.5) is 11.6 Å². The Bertz CT molecular complexity index is 494. The van der Waals surface area contributed by atoms with Crippen LogP contribution in [0.5, 0.6) is 0 Å². The molecule has 2 unspecified atom stereocenters. The molecule has 1 saturated carbocycles. The summed E-state index contributed by atoms with van der Waals surface area (Å²) in [5.74, 6) is 2.06. The molecule has 20 heavy (non-hydrogen) atoms. The molecule has 6 heteroatoms. The Morgan fingerprint density at radius 2 is 2.00 bits per heavy atom. The molecule has 4 nitrogen and oxygen atoms in total. The number of anilines is 2. The zero-order chi connectivity index (χ0) is 14.1. The molecule has 2 aliphatic rings. The first kappa shape index (κ1) is 14.2. The first-order valence-corrected chi connectivity index (χ1v) is 7.92. The maximum atomic E-state index is 6.24. The molecule has 1 aliphatic carbocycles. The van der Waals surface area contributed by atoms with E-state index < -0.39 is 0 Å². The molecule has 3 rings (SSSR count). The maximum absolute atomic E-state index is 6.24. The van der Waals surface area contributed by atoms with Crippen LogP contribution in [-0.4, -0.2) is 30.3 Å². The quantitative estimate of drug-likeness (QED) is 0.867. The summed E-state index contributed by atoms with van der Waals surface area (Å²) in [6.07, 6.45) is 3.84. The third-order valence-electron chi connectivity index (χ3n) is 3.82. The van der Waals surface area contributed by atoms with Gasteiger partial charge in [0.05, 0.1) is 22.2 Å². The van der Waals surface area contributed by atoms with E-state index in [2.05, 4.69) is 15.6 Å². The Kier molecular flexibility index (Phi) is 4.24. The van der Waals surface area contributed by atoms with Gasteiger partial charge in [0, 0.05) is 13.2 Å². The van der Waals surface area contributed by atoms with E-state index in [0.717, 1.165) is 19.6 Å². The lowest BCUT2D eigenvalue weighted by Crippen LogP contribution is -2.31. The lowest BCUT2D eigenvalue weighted by Gasteiger charge is -2.21. The van der Waals surface area contributed by atoms with Crippen molar-refractivity contribution in [2.75, 3.05) is 23.8 Å². The van der Waals surface area contributed by atoms with Gasteiger partial charge in [-0.1, -0.05) is 23.2 Å². The van der Waals surface area contributed by atoms with Crippen LogP contribution in [0.25, 0.3) is 0 Å². The summed E-state index contributed by atoms with van der Waals surface area (Å²) >= 11 is 12.4. The van der Waals surface area contributed by atoms with E-state index in [1.165, 1.54) is 12.8 Å². The molecule has 1 saturated heterocycles. The van der Waals surface area contributed by atoms with Crippen molar-refractivity contribution in [3.8, 4) is 0 Å². The Balaban J connectivity index is 1.77. The van der Waals surface area contributed by atoms with Crippen molar-refractivity contribution in [1.29, 1.82) is 0 Å². The highest BCUT2D eigenvalue weighted by atomic mass is 35.5. The number of ether oxygens (including phenoxy) is 1. The number of hydrogen-bond acceptors (Lipinski definition) is 4. The van der Waals surface area contributed by atoms with E-state index in [4.69, 9.17) is 27.9 Å². The minimum atomic E-state index is 0.295. The van der Waals surface area contributed by atoms with Crippen LogP contribution < -0.4 is 10.6 Å². The summed E-state index contributed by atoms with van der Waals surface area (Å²) in [4.78, 5) is 4.50. The van der Waals surface area contributed by atoms with Crippen LogP contribution in [0.15, 0.2) is 6.07 Å². The Labute approximate surface area is 129 Å². The molecule has 0 bridgehead atoms. The molecule has 1 aromatic rings. The van der Waals surface area contributed by atoms with Crippen LogP contribution in [0, 0.1) is 5.92 Å². The molecule has 2 heterocycles. The van der Waals surface area contributed by atoms with Crippen molar-refractivity contribution in [1.82, 2.24) is 4.98 Å².